The second-order valence-corrected chi connectivity index (χ2v) is 4.26. The molecule has 1 aromatic carbocycles. The molecule has 2 N–H and O–H groups in total. The molecule has 0 aliphatic heterocycles. The van der Waals surface area contributed by atoms with E-state index in [1.807, 2.05) is 6.92 Å². The summed E-state index contributed by atoms with van der Waals surface area (Å²) in [5.41, 5.74) is 6.51. The fraction of sp³-hybridized carbons (Fsp3) is 0.200. The van der Waals surface area contributed by atoms with Crippen molar-refractivity contribution >= 4 is 0 Å². The van der Waals surface area contributed by atoms with Crippen LogP contribution in [-0.2, 0) is 0 Å². The average molecular weight is 271 g/mol. The summed E-state index contributed by atoms with van der Waals surface area (Å²) in [6, 6.07) is 9.36. The van der Waals surface area contributed by atoms with Gasteiger partial charge in [-0.15, -0.1) is 0 Å². The maximum absolute atomic E-state index is 13.4. The molecule has 0 saturated heterocycles. The molecule has 2 rings (SSSR count). The zero-order valence-corrected chi connectivity index (χ0v) is 11.0. The number of pyridine rings is 1. The van der Waals surface area contributed by atoms with Gasteiger partial charge in [0.2, 0.25) is 0 Å². The third kappa shape index (κ3) is 2.92. The fourth-order valence-corrected chi connectivity index (χ4v) is 1.71. The topological polar surface area (TPSA) is 71.9 Å². The van der Waals surface area contributed by atoms with Crippen molar-refractivity contribution in [3.05, 3.63) is 53.6 Å². The number of aromatic nitrogens is 1. The van der Waals surface area contributed by atoms with Crippen LogP contribution in [-0.4, -0.2) is 4.98 Å². The van der Waals surface area contributed by atoms with E-state index < -0.39 is 5.82 Å². The van der Waals surface area contributed by atoms with Crippen LogP contribution >= 0.6 is 0 Å². The molecule has 0 fully saturated rings. The van der Waals surface area contributed by atoms with Crippen molar-refractivity contribution < 1.29 is 9.13 Å². The van der Waals surface area contributed by atoms with Gasteiger partial charge in [-0.2, -0.15) is 5.26 Å². The van der Waals surface area contributed by atoms with Gasteiger partial charge in [-0.3, -0.25) is 4.98 Å². The molecular weight excluding hydrogens is 257 g/mol. The highest BCUT2D eigenvalue weighted by Crippen LogP contribution is 2.26. The molecule has 0 radical (unpaired) electrons. The van der Waals surface area contributed by atoms with Crippen LogP contribution in [0.3, 0.4) is 0 Å². The number of nitrogens with zero attached hydrogens (tertiary/aromatic N) is 2. The number of ether oxygens (including phenoxy) is 1. The molecule has 0 aliphatic rings. The van der Waals surface area contributed by atoms with Gasteiger partial charge in [0.05, 0.1) is 11.9 Å². The molecule has 4 nitrogen and oxygen atoms in total. The van der Waals surface area contributed by atoms with Crippen LogP contribution in [0.2, 0.25) is 0 Å². The molecule has 0 spiro atoms. The van der Waals surface area contributed by atoms with E-state index in [0.29, 0.717) is 5.75 Å². The van der Waals surface area contributed by atoms with Crippen molar-refractivity contribution in [2.24, 2.45) is 5.73 Å². The molecule has 0 saturated carbocycles. The van der Waals surface area contributed by atoms with Crippen molar-refractivity contribution in [3.8, 4) is 17.6 Å². The van der Waals surface area contributed by atoms with Gasteiger partial charge in [-0.05, 0) is 30.7 Å². The van der Waals surface area contributed by atoms with E-state index in [9.17, 15) is 4.39 Å². The molecule has 5 heteroatoms. The molecule has 1 heterocycles. The van der Waals surface area contributed by atoms with Crippen molar-refractivity contribution in [1.82, 2.24) is 4.98 Å². The molecular formula is C15H14FN3O. The first kappa shape index (κ1) is 14.0. The largest absolute Gasteiger partial charge is 0.454 e. The van der Waals surface area contributed by atoms with Crippen LogP contribution in [0.4, 0.5) is 4.39 Å². The van der Waals surface area contributed by atoms with Gasteiger partial charge >= 0.3 is 0 Å². The van der Waals surface area contributed by atoms with Gasteiger partial charge in [0, 0.05) is 6.04 Å². The standard InChI is InChI=1S/C15H14FN3O/c1-2-13(18)14-7-6-10(9-19-14)20-15-5-3-4-12(16)11(15)8-17/h3-7,9,13H,2,18H2,1H3/t13-/m0/s1. The Labute approximate surface area is 116 Å². The Morgan fingerprint density at radius 1 is 1.40 bits per heavy atom. The first-order valence-electron chi connectivity index (χ1n) is 6.23. The summed E-state index contributed by atoms with van der Waals surface area (Å²) in [6.07, 6.45) is 2.30. The summed E-state index contributed by atoms with van der Waals surface area (Å²) in [6.45, 7) is 1.97. The normalized spacial score (nSPS) is 11.7. The van der Waals surface area contributed by atoms with Crippen molar-refractivity contribution in [3.63, 3.8) is 0 Å². The Hall–Kier alpha value is -2.45. The summed E-state index contributed by atoms with van der Waals surface area (Å²) in [5, 5.41) is 8.92. The highest BCUT2D eigenvalue weighted by molar-refractivity contribution is 5.45. The monoisotopic (exact) mass is 271 g/mol. The predicted molar refractivity (Wildman–Crippen MR) is 72.6 cm³/mol. The lowest BCUT2D eigenvalue weighted by atomic mass is 10.1. The number of halogens is 1. The second kappa shape index (κ2) is 6.13. The Balaban J connectivity index is 2.23. The summed E-state index contributed by atoms with van der Waals surface area (Å²) in [7, 11) is 0. The molecule has 0 amide bonds. The number of nitriles is 1. The van der Waals surface area contributed by atoms with Crippen LogP contribution in [0.5, 0.6) is 11.5 Å². The quantitative estimate of drug-likeness (QED) is 0.926. The lowest BCUT2D eigenvalue weighted by Crippen LogP contribution is -2.10. The van der Waals surface area contributed by atoms with E-state index >= 15 is 0 Å². The highest BCUT2D eigenvalue weighted by atomic mass is 19.1. The highest BCUT2D eigenvalue weighted by Gasteiger charge is 2.10. The lowest BCUT2D eigenvalue weighted by molar-refractivity contribution is 0.471. The van der Waals surface area contributed by atoms with Crippen molar-refractivity contribution in [2.45, 2.75) is 19.4 Å². The van der Waals surface area contributed by atoms with Gasteiger partial charge in [-0.1, -0.05) is 13.0 Å². The van der Waals surface area contributed by atoms with Crippen molar-refractivity contribution in [1.29, 1.82) is 5.26 Å². The minimum Gasteiger partial charge on any atom is -0.454 e. The third-order valence-corrected chi connectivity index (χ3v) is 2.89. The number of hydrogen-bond acceptors (Lipinski definition) is 4. The summed E-state index contributed by atoms with van der Waals surface area (Å²) >= 11 is 0. The Morgan fingerprint density at radius 2 is 2.20 bits per heavy atom. The molecule has 0 aliphatic carbocycles. The Bertz CT molecular complexity index is 635. The zero-order valence-electron chi connectivity index (χ0n) is 11.0. The van der Waals surface area contributed by atoms with Gasteiger partial charge in [-0.25, -0.2) is 4.39 Å². The molecule has 0 bridgehead atoms. The molecule has 20 heavy (non-hydrogen) atoms. The molecule has 0 unspecified atom stereocenters. The molecule has 2 aromatic rings. The minimum atomic E-state index is -0.609. The Kier molecular flexibility index (Phi) is 4.28. The SMILES string of the molecule is CC[C@H](N)c1ccc(Oc2cccc(F)c2C#N)cn1. The van der Waals surface area contributed by atoms with E-state index in [1.165, 1.54) is 24.4 Å². The van der Waals surface area contributed by atoms with E-state index in [-0.39, 0.29) is 17.4 Å². The van der Waals surface area contributed by atoms with Crippen LogP contribution in [0, 0.1) is 17.1 Å². The van der Waals surface area contributed by atoms with E-state index in [4.69, 9.17) is 15.7 Å². The maximum Gasteiger partial charge on any atom is 0.148 e. The van der Waals surface area contributed by atoms with Gasteiger partial charge < -0.3 is 10.5 Å². The van der Waals surface area contributed by atoms with Gasteiger partial charge in [0.1, 0.15) is 28.9 Å². The molecule has 1 aromatic heterocycles. The van der Waals surface area contributed by atoms with E-state index in [0.717, 1.165) is 12.1 Å². The summed E-state index contributed by atoms with van der Waals surface area (Å²) in [5.74, 6) is -0.0106. The second-order valence-electron chi connectivity index (χ2n) is 4.26. The Morgan fingerprint density at radius 3 is 2.80 bits per heavy atom. The number of rotatable bonds is 4. The summed E-state index contributed by atoms with van der Waals surface area (Å²) in [4.78, 5) is 4.20. The van der Waals surface area contributed by atoms with Crippen molar-refractivity contribution in [2.75, 3.05) is 0 Å². The van der Waals surface area contributed by atoms with Gasteiger partial charge in [0.25, 0.3) is 0 Å². The first-order chi connectivity index (χ1) is 9.65. The van der Waals surface area contributed by atoms with Gasteiger partial charge in [0.15, 0.2) is 0 Å². The first-order valence-corrected chi connectivity index (χ1v) is 6.23. The van der Waals surface area contributed by atoms with Crippen LogP contribution in [0.15, 0.2) is 36.5 Å². The average Bonchev–Trinajstić information content (AvgIpc) is 2.47. The van der Waals surface area contributed by atoms with E-state index in [2.05, 4.69) is 4.98 Å². The summed E-state index contributed by atoms with van der Waals surface area (Å²) < 4.78 is 18.9. The molecule has 1 atom stereocenters. The van der Waals surface area contributed by atoms with Crippen LogP contribution in [0.1, 0.15) is 30.6 Å². The van der Waals surface area contributed by atoms with Crippen LogP contribution in [0.25, 0.3) is 0 Å². The predicted octanol–water partition coefficient (Wildman–Crippen LogP) is 3.29. The van der Waals surface area contributed by atoms with E-state index in [1.54, 1.807) is 18.2 Å². The number of benzene rings is 1. The van der Waals surface area contributed by atoms with Crippen LogP contribution < -0.4 is 10.5 Å². The number of nitrogens with two attached hydrogens (primary N) is 1. The maximum atomic E-state index is 13.4. The molecule has 102 valence electrons. The fourth-order valence-electron chi connectivity index (χ4n) is 1.71. The zero-order chi connectivity index (χ0) is 14.5. The number of hydrogen-bond donors (Lipinski definition) is 1. The minimum absolute atomic E-state index is 0.118. The smallest absolute Gasteiger partial charge is 0.148 e. The third-order valence-electron chi connectivity index (χ3n) is 2.89. The lowest BCUT2D eigenvalue weighted by Gasteiger charge is -2.10.